The first-order valence-electron chi connectivity index (χ1n) is 9.89. The minimum Gasteiger partial charge on any atom is -0.444 e. The van der Waals surface area contributed by atoms with E-state index in [0.717, 1.165) is 17.9 Å². The smallest absolute Gasteiger partial charge is 0.410 e. The van der Waals surface area contributed by atoms with Crippen LogP contribution in [0.1, 0.15) is 53.0 Å². The van der Waals surface area contributed by atoms with E-state index in [2.05, 4.69) is 36.0 Å². The van der Waals surface area contributed by atoms with Gasteiger partial charge in [-0.15, -0.1) is 0 Å². The number of hydrogen-bond acceptors (Lipinski definition) is 4. The van der Waals surface area contributed by atoms with Gasteiger partial charge in [0.15, 0.2) is 0 Å². The van der Waals surface area contributed by atoms with E-state index in [1.165, 1.54) is 23.8 Å². The van der Waals surface area contributed by atoms with Gasteiger partial charge >= 0.3 is 6.09 Å². The summed E-state index contributed by atoms with van der Waals surface area (Å²) in [4.78, 5) is 24.8. The zero-order valence-electron chi connectivity index (χ0n) is 17.0. The van der Waals surface area contributed by atoms with E-state index in [9.17, 15) is 4.79 Å². The second kappa shape index (κ2) is 6.14. The predicted octanol–water partition coefficient (Wildman–Crippen LogP) is 4.06. The van der Waals surface area contributed by atoms with E-state index in [4.69, 9.17) is 9.72 Å². The molecule has 0 bridgehead atoms. The van der Waals surface area contributed by atoms with Crippen LogP contribution in [0.2, 0.25) is 0 Å². The lowest BCUT2D eigenvalue weighted by atomic mass is 9.97. The number of nitrogens with zero attached hydrogens (tertiary/aromatic N) is 3. The van der Waals surface area contributed by atoms with E-state index in [0.29, 0.717) is 13.1 Å². The maximum absolute atomic E-state index is 12.4. The molecule has 1 saturated carbocycles. The van der Waals surface area contributed by atoms with Gasteiger partial charge in [0.2, 0.25) is 0 Å². The Kier molecular flexibility index (Phi) is 4.13. The Hall–Kier alpha value is -2.24. The highest BCUT2D eigenvalue weighted by atomic mass is 16.6. The Bertz CT molecular complexity index is 863. The van der Waals surface area contributed by atoms with Crippen molar-refractivity contribution in [1.29, 1.82) is 0 Å². The summed E-state index contributed by atoms with van der Waals surface area (Å²) in [6, 6.07) is 2.23. The summed E-state index contributed by atoms with van der Waals surface area (Å²) in [5.41, 5.74) is 2.33. The van der Waals surface area contributed by atoms with Crippen LogP contribution >= 0.6 is 0 Å². The van der Waals surface area contributed by atoms with E-state index < -0.39 is 5.60 Å². The van der Waals surface area contributed by atoms with E-state index in [1.54, 1.807) is 0 Å². The van der Waals surface area contributed by atoms with Crippen molar-refractivity contribution in [2.45, 2.75) is 64.5 Å². The summed E-state index contributed by atoms with van der Waals surface area (Å²) in [7, 11) is 0. The fourth-order valence-corrected chi connectivity index (χ4v) is 3.97. The van der Waals surface area contributed by atoms with Crippen LogP contribution in [0, 0.1) is 0 Å². The maximum atomic E-state index is 12.4. The lowest BCUT2D eigenvalue weighted by Crippen LogP contribution is -2.54. The second-order valence-corrected chi connectivity index (χ2v) is 9.29. The van der Waals surface area contributed by atoms with Gasteiger partial charge in [0, 0.05) is 43.5 Å². The normalized spacial score (nSPS) is 22.2. The molecule has 1 saturated heterocycles. The molecule has 6 heteroatoms. The summed E-state index contributed by atoms with van der Waals surface area (Å²) in [6.45, 7) is 12.2. The zero-order chi connectivity index (χ0) is 19.4. The molecule has 0 radical (unpaired) electrons. The summed E-state index contributed by atoms with van der Waals surface area (Å²) in [5, 5.41) is 1.25. The van der Waals surface area contributed by atoms with Gasteiger partial charge < -0.3 is 19.5 Å². The van der Waals surface area contributed by atoms with Gasteiger partial charge in [-0.1, -0.05) is 6.92 Å². The van der Waals surface area contributed by atoms with Gasteiger partial charge in [-0.05, 0) is 57.6 Å². The quantitative estimate of drug-likeness (QED) is 0.866. The molecular weight excluding hydrogens is 340 g/mol. The third kappa shape index (κ3) is 3.37. The van der Waals surface area contributed by atoms with Crippen LogP contribution in [0.5, 0.6) is 0 Å². The van der Waals surface area contributed by atoms with Crippen molar-refractivity contribution in [1.82, 2.24) is 14.9 Å². The highest BCUT2D eigenvalue weighted by Gasteiger charge is 2.42. The summed E-state index contributed by atoms with van der Waals surface area (Å²) in [5.74, 6) is 1.04. The summed E-state index contributed by atoms with van der Waals surface area (Å²) in [6.07, 6.45) is 6.27. The second-order valence-electron chi connectivity index (χ2n) is 9.29. The third-order valence-electron chi connectivity index (χ3n) is 5.77. The van der Waals surface area contributed by atoms with Crippen LogP contribution in [0.15, 0.2) is 18.5 Å². The van der Waals surface area contributed by atoms with Crippen molar-refractivity contribution in [3.05, 3.63) is 24.0 Å². The SMILES string of the molecule is CC1CN(C(=O)OC(C)(C)C)CCN1c1nccc2[nH]cc(C3(C)CC3)c12. The molecule has 0 aromatic carbocycles. The standard InChI is InChI=1S/C21H30N4O2/c1-14-13-24(19(26)27-20(2,3)4)10-11-25(14)18-17-15(21(5)7-8-21)12-23-16(17)6-9-22-18/h6,9,12,14,23H,7-8,10-11,13H2,1-5H3. The summed E-state index contributed by atoms with van der Waals surface area (Å²) >= 11 is 0. The fourth-order valence-electron chi connectivity index (χ4n) is 3.97. The molecule has 4 rings (SSSR count). The molecule has 1 unspecified atom stereocenters. The number of H-pyrrole nitrogens is 1. The predicted molar refractivity (Wildman–Crippen MR) is 107 cm³/mol. The molecule has 2 aliphatic rings. The average molecular weight is 370 g/mol. The Labute approximate surface area is 160 Å². The number of aromatic amines is 1. The third-order valence-corrected chi connectivity index (χ3v) is 5.77. The number of aromatic nitrogens is 2. The Morgan fingerprint density at radius 2 is 2.07 bits per heavy atom. The van der Waals surface area contributed by atoms with Crippen molar-refractivity contribution in [2.24, 2.45) is 0 Å². The van der Waals surface area contributed by atoms with Crippen molar-refractivity contribution < 1.29 is 9.53 Å². The van der Waals surface area contributed by atoms with Gasteiger partial charge in [-0.25, -0.2) is 9.78 Å². The first-order valence-corrected chi connectivity index (χ1v) is 9.89. The van der Waals surface area contributed by atoms with Crippen LogP contribution < -0.4 is 4.90 Å². The number of piperazine rings is 1. The minimum absolute atomic E-state index is 0.180. The van der Waals surface area contributed by atoms with Crippen molar-refractivity contribution in [3.8, 4) is 0 Å². The van der Waals surface area contributed by atoms with Gasteiger partial charge in [0.25, 0.3) is 0 Å². The number of amides is 1. The molecule has 1 aliphatic heterocycles. The van der Waals surface area contributed by atoms with Crippen molar-refractivity contribution in [3.63, 3.8) is 0 Å². The number of rotatable bonds is 2. The molecule has 0 spiro atoms. The number of carbonyl (C=O) groups excluding carboxylic acids is 1. The molecule has 6 nitrogen and oxygen atoms in total. The fraction of sp³-hybridized carbons (Fsp3) is 0.619. The number of ether oxygens (including phenoxy) is 1. The molecule has 2 aromatic heterocycles. The van der Waals surface area contributed by atoms with Gasteiger partial charge in [-0.2, -0.15) is 0 Å². The van der Waals surface area contributed by atoms with Crippen LogP contribution in [-0.2, 0) is 10.2 Å². The largest absolute Gasteiger partial charge is 0.444 e. The molecule has 1 N–H and O–H groups in total. The number of hydrogen-bond donors (Lipinski definition) is 1. The van der Waals surface area contributed by atoms with Gasteiger partial charge in [0.1, 0.15) is 11.4 Å². The lowest BCUT2D eigenvalue weighted by Gasteiger charge is -2.41. The lowest BCUT2D eigenvalue weighted by molar-refractivity contribution is 0.0218. The van der Waals surface area contributed by atoms with E-state index in [1.807, 2.05) is 31.9 Å². The molecule has 1 amide bonds. The number of anilines is 1. The average Bonchev–Trinajstić information content (AvgIpc) is 3.17. The maximum Gasteiger partial charge on any atom is 0.410 e. The van der Waals surface area contributed by atoms with Crippen molar-refractivity contribution >= 4 is 22.8 Å². The molecule has 1 aliphatic carbocycles. The number of nitrogens with one attached hydrogen (secondary N) is 1. The molecule has 2 aromatic rings. The Morgan fingerprint density at radius 3 is 2.70 bits per heavy atom. The minimum atomic E-state index is -0.468. The van der Waals surface area contributed by atoms with Gasteiger partial charge in [-0.3, -0.25) is 0 Å². The van der Waals surface area contributed by atoms with Crippen LogP contribution in [0.25, 0.3) is 10.9 Å². The topological polar surface area (TPSA) is 61.5 Å². The Balaban J connectivity index is 1.59. The highest BCUT2D eigenvalue weighted by molar-refractivity contribution is 5.94. The molecule has 27 heavy (non-hydrogen) atoms. The molecule has 1 atom stereocenters. The molecular formula is C21H30N4O2. The Morgan fingerprint density at radius 1 is 1.33 bits per heavy atom. The van der Waals surface area contributed by atoms with Gasteiger partial charge in [0.05, 0.1) is 5.52 Å². The van der Waals surface area contributed by atoms with E-state index >= 15 is 0 Å². The van der Waals surface area contributed by atoms with Crippen LogP contribution in [0.3, 0.4) is 0 Å². The monoisotopic (exact) mass is 370 g/mol. The zero-order valence-corrected chi connectivity index (χ0v) is 17.0. The van der Waals surface area contributed by atoms with Crippen LogP contribution in [0.4, 0.5) is 10.6 Å². The first kappa shape index (κ1) is 18.1. The molecule has 2 fully saturated rings. The number of carbonyl (C=O) groups is 1. The van der Waals surface area contributed by atoms with Crippen LogP contribution in [-0.4, -0.2) is 52.2 Å². The highest BCUT2D eigenvalue weighted by Crippen LogP contribution is 2.51. The number of pyridine rings is 1. The molecule has 146 valence electrons. The number of fused-ring (bicyclic) bond motifs is 1. The summed E-state index contributed by atoms with van der Waals surface area (Å²) < 4.78 is 5.54. The van der Waals surface area contributed by atoms with Crippen molar-refractivity contribution in [2.75, 3.05) is 24.5 Å². The molecule has 3 heterocycles. The van der Waals surface area contributed by atoms with E-state index in [-0.39, 0.29) is 17.6 Å². The first-order chi connectivity index (χ1) is 12.7.